The average Bonchev–Trinajstić information content (AvgIpc) is 2.57. The van der Waals surface area contributed by atoms with Crippen molar-refractivity contribution in [1.82, 2.24) is 15.2 Å². The second-order valence-electron chi connectivity index (χ2n) is 2.68. The summed E-state index contributed by atoms with van der Waals surface area (Å²) in [5.41, 5.74) is 3.45. The molecule has 1 N–H and O–H groups in total. The van der Waals surface area contributed by atoms with Gasteiger partial charge in [0.1, 0.15) is 0 Å². The molecule has 0 unspecified atom stereocenters. The number of nitrogens with one attached hydrogen (secondary N) is 1. The zero-order chi connectivity index (χ0) is 8.39. The Kier molecular flexibility index (Phi) is 1.63. The van der Waals surface area contributed by atoms with E-state index in [-0.39, 0.29) is 0 Å². The predicted molar refractivity (Wildman–Crippen MR) is 46.6 cm³/mol. The second-order valence-corrected chi connectivity index (χ2v) is 2.68. The highest BCUT2D eigenvalue weighted by Gasteiger charge is 2.00. The number of hydrogen-bond acceptors (Lipinski definition) is 2. The number of H-pyrrole nitrogens is 1. The molecule has 0 saturated carbocycles. The van der Waals surface area contributed by atoms with Crippen LogP contribution < -0.4 is 0 Å². The van der Waals surface area contributed by atoms with E-state index in [4.69, 9.17) is 0 Å². The van der Waals surface area contributed by atoms with Crippen LogP contribution in [0.1, 0.15) is 5.56 Å². The van der Waals surface area contributed by atoms with E-state index < -0.39 is 0 Å². The smallest absolute Gasteiger partial charge is 0.0565 e. The molecule has 0 atom stereocenters. The van der Waals surface area contributed by atoms with E-state index in [0.717, 1.165) is 5.56 Å². The lowest BCUT2D eigenvalue weighted by atomic mass is 10.1. The lowest BCUT2D eigenvalue weighted by Crippen LogP contribution is -1.81. The van der Waals surface area contributed by atoms with E-state index >= 15 is 0 Å². The molecule has 60 valence electrons. The molecule has 2 heterocycles. The van der Waals surface area contributed by atoms with Crippen molar-refractivity contribution in [2.24, 2.45) is 0 Å². The number of nitrogens with zero attached hydrogens (tertiary/aromatic N) is 2. The van der Waals surface area contributed by atoms with Crippen molar-refractivity contribution in [3.05, 3.63) is 36.4 Å². The summed E-state index contributed by atoms with van der Waals surface area (Å²) in [5, 5.41) is 6.68. The first-order valence-electron chi connectivity index (χ1n) is 3.77. The maximum atomic E-state index is 4.02. The van der Waals surface area contributed by atoms with Crippen molar-refractivity contribution < 1.29 is 0 Å². The van der Waals surface area contributed by atoms with Crippen LogP contribution in [0.25, 0.3) is 11.1 Å². The van der Waals surface area contributed by atoms with Crippen molar-refractivity contribution in [3.8, 4) is 11.1 Å². The number of pyridine rings is 1. The maximum Gasteiger partial charge on any atom is 0.0565 e. The van der Waals surface area contributed by atoms with Crippen LogP contribution >= 0.6 is 0 Å². The molecule has 0 aliphatic heterocycles. The molecule has 0 radical (unpaired) electrons. The summed E-state index contributed by atoms with van der Waals surface area (Å²) in [6, 6.07) is 1.99. The van der Waals surface area contributed by atoms with E-state index in [2.05, 4.69) is 15.2 Å². The monoisotopic (exact) mass is 159 g/mol. The van der Waals surface area contributed by atoms with E-state index in [9.17, 15) is 0 Å². The fourth-order valence-corrected chi connectivity index (χ4v) is 1.20. The van der Waals surface area contributed by atoms with Gasteiger partial charge in [0.25, 0.3) is 0 Å². The standard InChI is InChI=1S/C9H9N3/c1-7-4-10-3-2-9(7)8-5-11-12-6-8/h2-6H,1H3,(H,11,12). The largest absolute Gasteiger partial charge is 0.285 e. The van der Waals surface area contributed by atoms with Gasteiger partial charge in [0.2, 0.25) is 0 Å². The fraction of sp³-hybridized carbons (Fsp3) is 0.111. The Bertz CT molecular complexity index is 365. The molecular weight excluding hydrogens is 150 g/mol. The third-order valence-corrected chi connectivity index (χ3v) is 1.83. The molecule has 0 aromatic carbocycles. The van der Waals surface area contributed by atoms with Crippen LogP contribution in [-0.4, -0.2) is 15.2 Å². The lowest BCUT2D eigenvalue weighted by Gasteiger charge is -1.99. The Balaban J connectivity index is 2.55. The molecule has 3 nitrogen and oxygen atoms in total. The van der Waals surface area contributed by atoms with Crippen molar-refractivity contribution in [2.75, 3.05) is 0 Å². The number of aryl methyl sites for hydroxylation is 1. The third-order valence-electron chi connectivity index (χ3n) is 1.83. The molecule has 2 aromatic heterocycles. The normalized spacial score (nSPS) is 10.1. The first kappa shape index (κ1) is 7.03. The minimum absolute atomic E-state index is 1.11. The van der Waals surface area contributed by atoms with Crippen LogP contribution in [0.3, 0.4) is 0 Å². The Morgan fingerprint density at radius 1 is 1.33 bits per heavy atom. The third kappa shape index (κ3) is 1.09. The zero-order valence-corrected chi connectivity index (χ0v) is 6.78. The number of aromatic nitrogens is 3. The Morgan fingerprint density at radius 2 is 2.25 bits per heavy atom. The number of hydrogen-bond donors (Lipinski definition) is 1. The molecule has 2 aromatic rings. The van der Waals surface area contributed by atoms with Gasteiger partial charge in [0.05, 0.1) is 6.20 Å². The van der Waals surface area contributed by atoms with Crippen molar-refractivity contribution in [1.29, 1.82) is 0 Å². The van der Waals surface area contributed by atoms with Crippen LogP contribution in [0, 0.1) is 6.92 Å². The summed E-state index contributed by atoms with van der Waals surface area (Å²) in [7, 11) is 0. The van der Waals surface area contributed by atoms with Crippen molar-refractivity contribution >= 4 is 0 Å². The summed E-state index contributed by atoms with van der Waals surface area (Å²) < 4.78 is 0. The Hall–Kier alpha value is -1.64. The van der Waals surface area contributed by atoms with E-state index in [1.807, 2.05) is 31.6 Å². The fourth-order valence-electron chi connectivity index (χ4n) is 1.20. The van der Waals surface area contributed by atoms with Gasteiger partial charge >= 0.3 is 0 Å². The molecule has 0 spiro atoms. The SMILES string of the molecule is Cc1cnccc1-c1cn[nH]c1. The molecule has 2 rings (SSSR count). The van der Waals surface area contributed by atoms with Gasteiger partial charge in [0, 0.05) is 24.2 Å². The van der Waals surface area contributed by atoms with Crippen LogP contribution in [0.4, 0.5) is 0 Å². The number of rotatable bonds is 1. The molecular formula is C9H9N3. The predicted octanol–water partition coefficient (Wildman–Crippen LogP) is 1.78. The molecule has 0 bridgehead atoms. The zero-order valence-electron chi connectivity index (χ0n) is 6.78. The van der Waals surface area contributed by atoms with E-state index in [1.54, 1.807) is 6.20 Å². The first-order valence-corrected chi connectivity index (χ1v) is 3.77. The minimum atomic E-state index is 1.11. The summed E-state index contributed by atoms with van der Waals surface area (Å²) >= 11 is 0. The summed E-state index contributed by atoms with van der Waals surface area (Å²) in [5.74, 6) is 0. The van der Waals surface area contributed by atoms with Crippen LogP contribution in [0.2, 0.25) is 0 Å². The molecule has 0 aliphatic carbocycles. The van der Waals surface area contributed by atoms with Crippen molar-refractivity contribution in [3.63, 3.8) is 0 Å². The Morgan fingerprint density at radius 3 is 2.92 bits per heavy atom. The van der Waals surface area contributed by atoms with E-state index in [1.165, 1.54) is 11.1 Å². The van der Waals surface area contributed by atoms with Gasteiger partial charge in [-0.05, 0) is 24.1 Å². The quantitative estimate of drug-likeness (QED) is 0.689. The highest BCUT2D eigenvalue weighted by atomic mass is 15.1. The van der Waals surface area contributed by atoms with Gasteiger partial charge in [-0.2, -0.15) is 5.10 Å². The molecule has 3 heteroatoms. The van der Waals surface area contributed by atoms with Crippen molar-refractivity contribution in [2.45, 2.75) is 6.92 Å². The van der Waals surface area contributed by atoms with Gasteiger partial charge < -0.3 is 0 Å². The van der Waals surface area contributed by atoms with Crippen LogP contribution in [0.15, 0.2) is 30.9 Å². The lowest BCUT2D eigenvalue weighted by molar-refractivity contribution is 1.09. The van der Waals surface area contributed by atoms with Gasteiger partial charge in [-0.25, -0.2) is 0 Å². The van der Waals surface area contributed by atoms with Crippen LogP contribution in [0.5, 0.6) is 0 Å². The molecule has 0 saturated heterocycles. The van der Waals surface area contributed by atoms with Gasteiger partial charge in [-0.1, -0.05) is 0 Å². The van der Waals surface area contributed by atoms with E-state index in [0.29, 0.717) is 0 Å². The number of aromatic amines is 1. The van der Waals surface area contributed by atoms with Gasteiger partial charge in [-0.3, -0.25) is 10.1 Å². The highest BCUT2D eigenvalue weighted by Crippen LogP contribution is 2.19. The molecule has 12 heavy (non-hydrogen) atoms. The molecule has 0 aliphatic rings. The molecule has 0 amide bonds. The maximum absolute atomic E-state index is 4.02. The van der Waals surface area contributed by atoms with Gasteiger partial charge in [0.15, 0.2) is 0 Å². The minimum Gasteiger partial charge on any atom is -0.285 e. The first-order chi connectivity index (χ1) is 5.88. The Labute approximate surface area is 70.5 Å². The molecule has 0 fully saturated rings. The summed E-state index contributed by atoms with van der Waals surface area (Å²) in [4.78, 5) is 4.02. The summed E-state index contributed by atoms with van der Waals surface area (Å²) in [6.07, 6.45) is 7.32. The topological polar surface area (TPSA) is 41.6 Å². The highest BCUT2D eigenvalue weighted by molar-refractivity contribution is 5.64. The van der Waals surface area contributed by atoms with Crippen LogP contribution in [-0.2, 0) is 0 Å². The van der Waals surface area contributed by atoms with Gasteiger partial charge in [-0.15, -0.1) is 0 Å². The average molecular weight is 159 g/mol. The summed E-state index contributed by atoms with van der Waals surface area (Å²) in [6.45, 7) is 2.04. The second kappa shape index (κ2) is 2.77.